The Balaban J connectivity index is 1.17. The van der Waals surface area contributed by atoms with Crippen LogP contribution in [0.5, 0.6) is 0 Å². The molecule has 2 unspecified atom stereocenters. The number of hydrogen-bond acceptors (Lipinski definition) is 3. The van der Waals surface area contributed by atoms with E-state index in [1.54, 1.807) is 0 Å². The molecule has 1 amide bonds. The summed E-state index contributed by atoms with van der Waals surface area (Å²) in [6, 6.07) is 21.0. The Hall–Kier alpha value is -3.37. The highest BCUT2D eigenvalue weighted by Gasteiger charge is 2.45. The van der Waals surface area contributed by atoms with Crippen LogP contribution in [0, 0.1) is 5.41 Å². The number of carbonyl (C=O) groups excluding carboxylic acids is 1. The predicted octanol–water partition coefficient (Wildman–Crippen LogP) is 7.93. The minimum Gasteiger partial charge on any atom is -0.335 e. The van der Waals surface area contributed by atoms with Gasteiger partial charge in [0.2, 0.25) is 0 Å². The van der Waals surface area contributed by atoms with E-state index in [1.165, 1.54) is 10.5 Å². The summed E-state index contributed by atoms with van der Waals surface area (Å²) in [5.41, 5.74) is -0.997. The number of amides is 1. The van der Waals surface area contributed by atoms with Gasteiger partial charge in [0.05, 0.1) is 11.1 Å². The van der Waals surface area contributed by atoms with E-state index in [-0.39, 0.29) is 30.1 Å². The van der Waals surface area contributed by atoms with E-state index in [1.807, 2.05) is 36.4 Å². The number of halogens is 6. The van der Waals surface area contributed by atoms with Crippen LogP contribution in [0.4, 0.5) is 26.3 Å². The van der Waals surface area contributed by atoms with Gasteiger partial charge < -0.3 is 4.90 Å². The van der Waals surface area contributed by atoms with Crippen molar-refractivity contribution in [2.24, 2.45) is 5.41 Å². The van der Waals surface area contributed by atoms with E-state index < -0.39 is 35.0 Å². The maximum Gasteiger partial charge on any atom is 0.416 e. The third kappa shape index (κ3) is 7.44. The van der Waals surface area contributed by atoms with Gasteiger partial charge in [0.15, 0.2) is 0 Å². The Morgan fingerprint density at radius 2 is 1.30 bits per heavy atom. The zero-order valence-corrected chi connectivity index (χ0v) is 25.7. The molecule has 0 radical (unpaired) electrons. The topological polar surface area (TPSA) is 26.8 Å². The van der Waals surface area contributed by atoms with Gasteiger partial charge in [-0.1, -0.05) is 60.7 Å². The van der Waals surface area contributed by atoms with Crippen LogP contribution in [0.1, 0.15) is 64.7 Å². The third-order valence-corrected chi connectivity index (χ3v) is 10.2. The van der Waals surface area contributed by atoms with Crippen LogP contribution in [0.2, 0.25) is 0 Å². The smallest absolute Gasteiger partial charge is 0.335 e. The van der Waals surface area contributed by atoms with Gasteiger partial charge in [-0.15, -0.1) is 0 Å². The zero-order chi connectivity index (χ0) is 32.5. The van der Waals surface area contributed by atoms with Crippen LogP contribution in [0.3, 0.4) is 0 Å². The number of rotatable bonds is 6. The minimum atomic E-state index is -5.02. The summed E-state index contributed by atoms with van der Waals surface area (Å²) in [7, 11) is 0. The number of benzene rings is 3. The average molecular weight is 644 g/mol. The van der Waals surface area contributed by atoms with Gasteiger partial charge in [0, 0.05) is 37.3 Å². The van der Waals surface area contributed by atoms with E-state index in [0.717, 1.165) is 57.5 Å². The molecule has 0 aromatic heterocycles. The molecule has 4 nitrogen and oxygen atoms in total. The number of carbonyl (C=O) groups is 1. The number of nitrogens with zero attached hydrogens (tertiary/aromatic N) is 3. The van der Waals surface area contributed by atoms with Crippen LogP contribution in [0.15, 0.2) is 78.9 Å². The van der Waals surface area contributed by atoms with Crippen molar-refractivity contribution in [1.82, 2.24) is 14.7 Å². The lowest BCUT2D eigenvalue weighted by molar-refractivity contribution is -0.143. The van der Waals surface area contributed by atoms with Gasteiger partial charge >= 0.3 is 12.4 Å². The summed E-state index contributed by atoms with van der Waals surface area (Å²) in [5.74, 6) is -0.792. The quantitative estimate of drug-likeness (QED) is 0.256. The third-order valence-electron chi connectivity index (χ3n) is 10.2. The van der Waals surface area contributed by atoms with E-state index in [0.29, 0.717) is 31.4 Å². The largest absolute Gasteiger partial charge is 0.416 e. The molecule has 10 heteroatoms. The molecule has 3 fully saturated rings. The van der Waals surface area contributed by atoms with Crippen molar-refractivity contribution in [1.29, 1.82) is 0 Å². The van der Waals surface area contributed by atoms with Crippen molar-refractivity contribution in [2.75, 3.05) is 32.7 Å². The van der Waals surface area contributed by atoms with E-state index in [4.69, 9.17) is 0 Å². The van der Waals surface area contributed by atoms with Crippen molar-refractivity contribution >= 4 is 5.91 Å². The Labute approximate surface area is 266 Å². The van der Waals surface area contributed by atoms with E-state index in [2.05, 4.69) is 34.1 Å². The van der Waals surface area contributed by atoms with Crippen molar-refractivity contribution in [2.45, 2.75) is 69.5 Å². The molecule has 1 spiro atoms. The lowest BCUT2D eigenvalue weighted by atomic mass is 9.77. The normalized spacial score (nSPS) is 22.8. The first-order valence-electron chi connectivity index (χ1n) is 16.0. The predicted molar refractivity (Wildman–Crippen MR) is 164 cm³/mol. The molecule has 3 aromatic rings. The monoisotopic (exact) mass is 643 g/mol. The first-order chi connectivity index (χ1) is 21.9. The maximum absolute atomic E-state index is 13.8. The molecular weight excluding hydrogens is 604 g/mol. The molecule has 3 aliphatic heterocycles. The Bertz CT molecular complexity index is 1450. The zero-order valence-electron chi connectivity index (χ0n) is 25.7. The SMILES string of the molecule is O=C(c1cc(C(F)(F)F)cc(C(F)(F)F)c1)N1CCC(N2CCC3(CCN(Cc4ccccc4)CC3)C2)CC1Cc1ccccc1. The molecule has 6 rings (SSSR count). The summed E-state index contributed by atoms with van der Waals surface area (Å²) < 4.78 is 81.6. The lowest BCUT2D eigenvalue weighted by Crippen LogP contribution is -2.53. The molecule has 46 heavy (non-hydrogen) atoms. The summed E-state index contributed by atoms with van der Waals surface area (Å²) in [6.45, 7) is 5.24. The molecule has 2 atom stereocenters. The van der Waals surface area contributed by atoms with Gasteiger partial charge in [-0.25, -0.2) is 0 Å². The summed E-state index contributed by atoms with van der Waals surface area (Å²) in [4.78, 5) is 20.3. The fraction of sp³-hybridized carbons (Fsp3) is 0.472. The number of likely N-dealkylation sites (tertiary alicyclic amines) is 3. The van der Waals surface area contributed by atoms with Crippen LogP contribution in [-0.2, 0) is 25.3 Å². The van der Waals surface area contributed by atoms with E-state index >= 15 is 0 Å². The molecule has 3 heterocycles. The molecule has 0 saturated carbocycles. The van der Waals surface area contributed by atoms with Gasteiger partial charge in [0.25, 0.3) is 5.91 Å². The molecule has 0 bridgehead atoms. The highest BCUT2D eigenvalue weighted by Crippen LogP contribution is 2.43. The second kappa shape index (κ2) is 13.0. The number of piperidine rings is 2. The molecule has 3 saturated heterocycles. The minimum absolute atomic E-state index is 0.0693. The first-order valence-corrected chi connectivity index (χ1v) is 16.0. The van der Waals surface area contributed by atoms with Crippen molar-refractivity contribution in [3.05, 3.63) is 107 Å². The molecule has 3 aliphatic rings. The van der Waals surface area contributed by atoms with Gasteiger partial charge in [-0.05, 0) is 92.9 Å². The van der Waals surface area contributed by atoms with Crippen molar-refractivity contribution in [3.63, 3.8) is 0 Å². The number of hydrogen-bond donors (Lipinski definition) is 0. The fourth-order valence-corrected chi connectivity index (χ4v) is 7.67. The summed E-state index contributed by atoms with van der Waals surface area (Å²) in [6.07, 6.45) is -4.97. The second-order valence-corrected chi connectivity index (χ2v) is 13.3. The van der Waals surface area contributed by atoms with Crippen molar-refractivity contribution in [3.8, 4) is 0 Å². The molecule has 246 valence electrons. The fourth-order valence-electron chi connectivity index (χ4n) is 7.67. The van der Waals surface area contributed by atoms with Crippen LogP contribution in [0.25, 0.3) is 0 Å². The Morgan fingerprint density at radius 3 is 1.89 bits per heavy atom. The summed E-state index contributed by atoms with van der Waals surface area (Å²) >= 11 is 0. The standard InChI is InChI=1S/C36H39F6N3O/c37-35(38,39)29-20-28(21-30(22-29)36(40,41)42)33(46)45-15-11-31(23-32(45)19-26-7-3-1-4-8-26)44-18-14-34(25-44)12-16-43(17-13-34)24-27-9-5-2-6-10-27/h1-10,20-22,31-32H,11-19,23-25H2. The Kier molecular flexibility index (Phi) is 9.22. The summed E-state index contributed by atoms with van der Waals surface area (Å²) in [5, 5.41) is 0. The van der Waals surface area contributed by atoms with E-state index in [9.17, 15) is 31.1 Å². The van der Waals surface area contributed by atoms with Crippen LogP contribution >= 0.6 is 0 Å². The van der Waals surface area contributed by atoms with Gasteiger partial charge in [-0.3, -0.25) is 14.6 Å². The van der Waals surface area contributed by atoms with Crippen LogP contribution < -0.4 is 0 Å². The lowest BCUT2D eigenvalue weighted by Gasteiger charge is -2.44. The Morgan fingerprint density at radius 1 is 0.739 bits per heavy atom. The molecule has 0 N–H and O–H groups in total. The maximum atomic E-state index is 13.8. The number of alkyl halides is 6. The highest BCUT2D eigenvalue weighted by atomic mass is 19.4. The van der Waals surface area contributed by atoms with Gasteiger partial charge in [0.1, 0.15) is 0 Å². The molecular formula is C36H39F6N3O. The molecule has 3 aromatic carbocycles. The molecule has 0 aliphatic carbocycles. The van der Waals surface area contributed by atoms with Crippen LogP contribution in [-0.4, -0.2) is 65.4 Å². The first kappa shape index (κ1) is 32.6. The highest BCUT2D eigenvalue weighted by molar-refractivity contribution is 5.95. The average Bonchev–Trinajstić information content (AvgIpc) is 3.45. The van der Waals surface area contributed by atoms with Crippen molar-refractivity contribution < 1.29 is 31.1 Å². The second-order valence-electron chi connectivity index (χ2n) is 13.3. The van der Waals surface area contributed by atoms with Gasteiger partial charge in [-0.2, -0.15) is 26.3 Å².